The quantitative estimate of drug-likeness (QED) is 0.440. The van der Waals surface area contributed by atoms with Crippen LogP contribution < -0.4 is 0 Å². The van der Waals surface area contributed by atoms with Gasteiger partial charge >= 0.3 is 0 Å². The molecule has 0 aliphatic rings. The van der Waals surface area contributed by atoms with E-state index in [-0.39, 0.29) is 5.69 Å². The molecule has 3 rings (SSSR count). The molecular weight excluding hydrogens is 356 g/mol. The maximum absolute atomic E-state index is 10.8. The first-order chi connectivity index (χ1) is 13.6. The van der Waals surface area contributed by atoms with Crippen LogP contribution in [0.2, 0.25) is 0 Å². The lowest BCUT2D eigenvalue weighted by Crippen LogP contribution is -2.27. The third-order valence-electron chi connectivity index (χ3n) is 4.25. The molecule has 0 saturated heterocycles. The molecule has 8 nitrogen and oxygen atoms in total. The fourth-order valence-corrected chi connectivity index (χ4v) is 2.89. The minimum atomic E-state index is -0.429. The van der Waals surface area contributed by atoms with Gasteiger partial charge in [-0.05, 0) is 42.8 Å². The molecule has 0 N–H and O–H groups in total. The van der Waals surface area contributed by atoms with E-state index in [0.29, 0.717) is 18.1 Å². The molecule has 1 aromatic heterocycles. The number of nitro groups is 1. The van der Waals surface area contributed by atoms with Crippen LogP contribution in [0.4, 0.5) is 5.69 Å². The van der Waals surface area contributed by atoms with Crippen LogP contribution in [0.3, 0.4) is 0 Å². The van der Waals surface area contributed by atoms with Gasteiger partial charge in [-0.25, -0.2) is 9.67 Å². The average Bonchev–Trinajstić information content (AvgIpc) is 3.17. The van der Waals surface area contributed by atoms with E-state index in [1.807, 2.05) is 24.3 Å². The highest BCUT2D eigenvalue weighted by Gasteiger charge is 2.11. The predicted octanol–water partition coefficient (Wildman–Crippen LogP) is 3.59. The fourth-order valence-electron chi connectivity index (χ4n) is 2.89. The number of hydrogen-bond acceptors (Lipinski definition) is 6. The Morgan fingerprint density at radius 2 is 1.89 bits per heavy atom. The van der Waals surface area contributed by atoms with Crippen molar-refractivity contribution < 1.29 is 4.92 Å². The van der Waals surface area contributed by atoms with Gasteiger partial charge in [-0.1, -0.05) is 19.1 Å². The van der Waals surface area contributed by atoms with Gasteiger partial charge in [0.15, 0.2) is 5.82 Å². The minimum absolute atomic E-state index is 0.0414. The van der Waals surface area contributed by atoms with E-state index >= 15 is 0 Å². The lowest BCUT2D eigenvalue weighted by molar-refractivity contribution is -0.384. The molecule has 0 spiro atoms. The molecule has 28 heavy (non-hydrogen) atoms. The molecule has 0 radical (unpaired) electrons. The highest BCUT2D eigenvalue weighted by molar-refractivity contribution is 5.56. The Labute approximate surface area is 162 Å². The Kier molecular flexibility index (Phi) is 6.09. The van der Waals surface area contributed by atoms with Crippen LogP contribution in [0.25, 0.3) is 11.4 Å². The van der Waals surface area contributed by atoms with Crippen LogP contribution in [0.5, 0.6) is 0 Å². The van der Waals surface area contributed by atoms with E-state index in [1.54, 1.807) is 23.1 Å². The smallest absolute Gasteiger partial charge is 0.269 e. The second kappa shape index (κ2) is 8.88. The van der Waals surface area contributed by atoms with Crippen molar-refractivity contribution in [2.75, 3.05) is 6.54 Å². The summed E-state index contributed by atoms with van der Waals surface area (Å²) >= 11 is 0. The first kappa shape index (κ1) is 19.2. The molecular formula is C20H20N6O2. The van der Waals surface area contributed by atoms with E-state index in [1.165, 1.54) is 12.1 Å². The monoisotopic (exact) mass is 376 g/mol. The van der Waals surface area contributed by atoms with Crippen molar-refractivity contribution >= 4 is 5.69 Å². The minimum Gasteiger partial charge on any atom is -0.280 e. The van der Waals surface area contributed by atoms with Crippen molar-refractivity contribution in [3.63, 3.8) is 0 Å². The van der Waals surface area contributed by atoms with Crippen molar-refractivity contribution in [1.82, 2.24) is 19.7 Å². The lowest BCUT2D eigenvalue weighted by atomic mass is 10.1. The van der Waals surface area contributed by atoms with E-state index in [0.717, 1.165) is 30.6 Å². The molecule has 3 aromatic rings. The SMILES string of the molecule is CCCN(Cc1ccc(C#N)cc1)Cn1cnc(-c2ccc([N+](=O)[O-])cc2)n1. The van der Waals surface area contributed by atoms with Gasteiger partial charge in [-0.3, -0.25) is 15.0 Å². The maximum atomic E-state index is 10.8. The molecule has 8 heteroatoms. The Balaban J connectivity index is 1.69. The Morgan fingerprint density at radius 3 is 2.50 bits per heavy atom. The molecule has 2 aromatic carbocycles. The van der Waals surface area contributed by atoms with Crippen molar-refractivity contribution in [3.8, 4) is 17.5 Å². The van der Waals surface area contributed by atoms with Crippen molar-refractivity contribution in [2.24, 2.45) is 0 Å². The standard InChI is InChI=1S/C20H20N6O2/c1-2-11-24(13-17-5-3-16(12-21)4-6-17)15-25-14-22-20(23-25)18-7-9-19(10-8-18)26(27)28/h3-10,14H,2,11,13,15H2,1H3. The van der Waals surface area contributed by atoms with Crippen molar-refractivity contribution in [1.29, 1.82) is 5.26 Å². The summed E-state index contributed by atoms with van der Waals surface area (Å²) < 4.78 is 1.76. The van der Waals surface area contributed by atoms with Gasteiger partial charge in [0.2, 0.25) is 0 Å². The van der Waals surface area contributed by atoms with Gasteiger partial charge in [-0.15, -0.1) is 5.10 Å². The van der Waals surface area contributed by atoms with Gasteiger partial charge in [0.1, 0.15) is 6.33 Å². The second-order valence-corrected chi connectivity index (χ2v) is 6.41. The largest absolute Gasteiger partial charge is 0.280 e. The Bertz CT molecular complexity index is 973. The summed E-state index contributed by atoms with van der Waals surface area (Å²) in [4.78, 5) is 16.9. The number of benzene rings is 2. The topological polar surface area (TPSA) is 101 Å². The summed E-state index contributed by atoms with van der Waals surface area (Å²) in [6, 6.07) is 15.9. The van der Waals surface area contributed by atoms with Gasteiger partial charge in [-0.2, -0.15) is 5.26 Å². The zero-order valence-corrected chi connectivity index (χ0v) is 15.5. The summed E-state index contributed by atoms with van der Waals surface area (Å²) in [5.41, 5.74) is 2.55. The average molecular weight is 376 g/mol. The molecule has 0 amide bonds. The number of non-ortho nitro benzene ring substituents is 1. The molecule has 0 aliphatic carbocycles. The Morgan fingerprint density at radius 1 is 1.18 bits per heavy atom. The predicted molar refractivity (Wildman–Crippen MR) is 104 cm³/mol. The molecule has 0 atom stereocenters. The van der Waals surface area contributed by atoms with Crippen LogP contribution in [0.1, 0.15) is 24.5 Å². The zero-order chi connectivity index (χ0) is 19.9. The van der Waals surface area contributed by atoms with Crippen LogP contribution >= 0.6 is 0 Å². The van der Waals surface area contributed by atoms with Crippen LogP contribution in [0, 0.1) is 21.4 Å². The van der Waals surface area contributed by atoms with Crippen LogP contribution in [-0.2, 0) is 13.2 Å². The Hall–Kier alpha value is -3.57. The third-order valence-corrected chi connectivity index (χ3v) is 4.25. The van der Waals surface area contributed by atoms with Gasteiger partial charge in [0.05, 0.1) is 23.2 Å². The van der Waals surface area contributed by atoms with Crippen molar-refractivity contribution in [2.45, 2.75) is 26.6 Å². The third kappa shape index (κ3) is 4.78. The van der Waals surface area contributed by atoms with Gasteiger partial charge in [0.25, 0.3) is 5.69 Å². The first-order valence-electron chi connectivity index (χ1n) is 8.94. The summed E-state index contributed by atoms with van der Waals surface area (Å²) in [6.07, 6.45) is 2.67. The summed E-state index contributed by atoms with van der Waals surface area (Å²) in [6.45, 7) is 4.34. The number of hydrogen-bond donors (Lipinski definition) is 0. The highest BCUT2D eigenvalue weighted by Crippen LogP contribution is 2.19. The zero-order valence-electron chi connectivity index (χ0n) is 15.5. The first-order valence-corrected chi connectivity index (χ1v) is 8.94. The molecule has 142 valence electrons. The summed E-state index contributed by atoms with van der Waals surface area (Å²) in [5, 5.41) is 24.2. The summed E-state index contributed by atoms with van der Waals surface area (Å²) in [7, 11) is 0. The molecule has 0 aliphatic heterocycles. The molecule has 0 saturated carbocycles. The van der Waals surface area contributed by atoms with Gasteiger partial charge in [0, 0.05) is 24.2 Å². The number of nitrogens with zero attached hydrogens (tertiary/aromatic N) is 6. The van der Waals surface area contributed by atoms with E-state index in [2.05, 4.69) is 28.0 Å². The second-order valence-electron chi connectivity index (χ2n) is 6.41. The van der Waals surface area contributed by atoms with Crippen LogP contribution in [-0.4, -0.2) is 31.1 Å². The summed E-state index contributed by atoms with van der Waals surface area (Å²) in [5.74, 6) is 0.532. The molecule has 0 fully saturated rings. The maximum Gasteiger partial charge on any atom is 0.269 e. The number of rotatable bonds is 8. The van der Waals surface area contributed by atoms with E-state index in [4.69, 9.17) is 5.26 Å². The molecule has 1 heterocycles. The number of nitriles is 1. The normalized spacial score (nSPS) is 10.8. The van der Waals surface area contributed by atoms with Crippen LogP contribution in [0.15, 0.2) is 54.9 Å². The van der Waals surface area contributed by atoms with Crippen molar-refractivity contribution in [3.05, 3.63) is 76.1 Å². The van der Waals surface area contributed by atoms with E-state index < -0.39 is 4.92 Å². The number of nitro benzene ring substituents is 1. The molecule has 0 bridgehead atoms. The van der Waals surface area contributed by atoms with Gasteiger partial charge < -0.3 is 0 Å². The lowest BCUT2D eigenvalue weighted by Gasteiger charge is -2.21. The highest BCUT2D eigenvalue weighted by atomic mass is 16.6. The number of aromatic nitrogens is 3. The fraction of sp³-hybridized carbons (Fsp3) is 0.250. The molecule has 0 unspecified atom stereocenters. The van der Waals surface area contributed by atoms with E-state index in [9.17, 15) is 10.1 Å².